The third kappa shape index (κ3) is 25.9. The van der Waals surface area contributed by atoms with E-state index in [0.717, 1.165) is 19.5 Å². The van der Waals surface area contributed by atoms with Crippen LogP contribution in [0.25, 0.3) is 0 Å². The van der Waals surface area contributed by atoms with Gasteiger partial charge >= 0.3 is 0 Å². The van der Waals surface area contributed by atoms with E-state index < -0.39 is 0 Å². The van der Waals surface area contributed by atoms with Crippen LogP contribution in [-0.2, 0) is 0 Å². The third-order valence-corrected chi connectivity index (χ3v) is 6.36. The van der Waals surface area contributed by atoms with E-state index in [0.29, 0.717) is 6.04 Å². The summed E-state index contributed by atoms with van der Waals surface area (Å²) in [6.07, 6.45) is 31.6. The number of rotatable bonds is 25. The van der Waals surface area contributed by atoms with Gasteiger partial charge in [0, 0.05) is 6.04 Å². The molecule has 176 valence electrons. The Kier molecular flexibility index (Phi) is 25.9. The molecule has 0 aliphatic rings. The standard InChI is InChI=1S/C27H58N2/c1-3-4-5-6-7-8-9-10-11-12-13-14-15-16-17-18-19-20-21-22-24-27(2)29-26-23-25-28/h27,29H,3-26,28H2,1-2H3. The molecule has 0 aromatic rings. The quantitative estimate of drug-likeness (QED) is 0.148. The molecule has 2 nitrogen and oxygen atoms in total. The van der Waals surface area contributed by atoms with Crippen LogP contribution in [0.4, 0.5) is 0 Å². The molecule has 0 rings (SSSR count). The second-order valence-electron chi connectivity index (χ2n) is 9.50. The van der Waals surface area contributed by atoms with Crippen LogP contribution in [0.1, 0.15) is 155 Å². The van der Waals surface area contributed by atoms with Crippen molar-refractivity contribution in [3.8, 4) is 0 Å². The lowest BCUT2D eigenvalue weighted by Gasteiger charge is -2.13. The fourth-order valence-electron chi connectivity index (χ4n) is 4.26. The third-order valence-electron chi connectivity index (χ3n) is 6.36. The second-order valence-corrected chi connectivity index (χ2v) is 9.50. The predicted molar refractivity (Wildman–Crippen MR) is 134 cm³/mol. The zero-order chi connectivity index (χ0) is 21.3. The Bertz CT molecular complexity index is 280. The highest BCUT2D eigenvalue weighted by atomic mass is 14.9. The SMILES string of the molecule is CCCCCCCCCCCCCCCCCCCCCCC(C)NCCCN. The van der Waals surface area contributed by atoms with E-state index in [1.54, 1.807) is 0 Å². The minimum atomic E-state index is 0.664. The molecule has 0 bridgehead atoms. The van der Waals surface area contributed by atoms with Gasteiger partial charge in [0.2, 0.25) is 0 Å². The summed E-state index contributed by atoms with van der Waals surface area (Å²) in [5, 5.41) is 3.56. The van der Waals surface area contributed by atoms with E-state index in [-0.39, 0.29) is 0 Å². The molecule has 29 heavy (non-hydrogen) atoms. The zero-order valence-electron chi connectivity index (χ0n) is 20.6. The first-order valence-electron chi connectivity index (χ1n) is 13.7. The van der Waals surface area contributed by atoms with Crippen LogP contribution in [0, 0.1) is 0 Å². The number of nitrogens with two attached hydrogens (primary N) is 1. The van der Waals surface area contributed by atoms with Crippen LogP contribution in [-0.4, -0.2) is 19.1 Å². The van der Waals surface area contributed by atoms with E-state index in [1.165, 1.54) is 135 Å². The maximum absolute atomic E-state index is 5.53. The molecule has 1 atom stereocenters. The van der Waals surface area contributed by atoms with Gasteiger partial charge in [0.15, 0.2) is 0 Å². The van der Waals surface area contributed by atoms with Gasteiger partial charge in [-0.1, -0.05) is 135 Å². The van der Waals surface area contributed by atoms with Gasteiger partial charge in [-0.05, 0) is 32.9 Å². The highest BCUT2D eigenvalue weighted by molar-refractivity contribution is 4.61. The summed E-state index contributed by atoms with van der Waals surface area (Å²) in [5.74, 6) is 0. The van der Waals surface area contributed by atoms with Crippen molar-refractivity contribution in [1.82, 2.24) is 5.32 Å². The van der Waals surface area contributed by atoms with Crippen LogP contribution in [0.3, 0.4) is 0 Å². The monoisotopic (exact) mass is 410 g/mol. The molecular formula is C27H58N2. The van der Waals surface area contributed by atoms with Crippen molar-refractivity contribution in [2.45, 2.75) is 161 Å². The average molecular weight is 411 g/mol. The minimum absolute atomic E-state index is 0.664. The minimum Gasteiger partial charge on any atom is -0.330 e. The summed E-state index contributed by atoms with van der Waals surface area (Å²) in [7, 11) is 0. The maximum Gasteiger partial charge on any atom is 0.00387 e. The summed E-state index contributed by atoms with van der Waals surface area (Å²) >= 11 is 0. The van der Waals surface area contributed by atoms with Gasteiger partial charge in [-0.3, -0.25) is 0 Å². The first-order chi connectivity index (χ1) is 14.3. The normalized spacial score (nSPS) is 12.5. The Labute approximate surface area is 185 Å². The van der Waals surface area contributed by atoms with Crippen LogP contribution in [0.2, 0.25) is 0 Å². The molecule has 0 aliphatic carbocycles. The Hall–Kier alpha value is -0.0800. The summed E-state index contributed by atoms with van der Waals surface area (Å²) in [6.45, 7) is 6.50. The van der Waals surface area contributed by atoms with Gasteiger partial charge in [-0.25, -0.2) is 0 Å². The summed E-state index contributed by atoms with van der Waals surface area (Å²) in [4.78, 5) is 0. The fraction of sp³-hybridized carbons (Fsp3) is 1.00. The smallest absolute Gasteiger partial charge is 0.00387 e. The summed E-state index contributed by atoms with van der Waals surface area (Å²) < 4.78 is 0. The topological polar surface area (TPSA) is 38.0 Å². The highest BCUT2D eigenvalue weighted by Gasteiger charge is 2.00. The first-order valence-corrected chi connectivity index (χ1v) is 13.7. The maximum atomic E-state index is 5.53. The largest absolute Gasteiger partial charge is 0.330 e. The van der Waals surface area contributed by atoms with Crippen molar-refractivity contribution in [2.24, 2.45) is 5.73 Å². The molecule has 3 N–H and O–H groups in total. The molecule has 0 aromatic heterocycles. The van der Waals surface area contributed by atoms with E-state index in [2.05, 4.69) is 19.2 Å². The number of unbranched alkanes of at least 4 members (excludes halogenated alkanes) is 19. The van der Waals surface area contributed by atoms with Crippen LogP contribution in [0.5, 0.6) is 0 Å². The predicted octanol–water partition coefficient (Wildman–Crippen LogP) is 8.53. The number of nitrogens with one attached hydrogen (secondary N) is 1. The molecule has 0 amide bonds. The first kappa shape index (κ1) is 28.9. The summed E-state index contributed by atoms with van der Waals surface area (Å²) in [6, 6.07) is 0.664. The Morgan fingerprint density at radius 2 is 0.862 bits per heavy atom. The van der Waals surface area contributed by atoms with E-state index in [9.17, 15) is 0 Å². The lowest BCUT2D eigenvalue weighted by Crippen LogP contribution is -2.28. The van der Waals surface area contributed by atoms with Crippen LogP contribution < -0.4 is 11.1 Å². The van der Waals surface area contributed by atoms with Crippen LogP contribution in [0.15, 0.2) is 0 Å². The van der Waals surface area contributed by atoms with Crippen molar-refractivity contribution in [1.29, 1.82) is 0 Å². The lowest BCUT2D eigenvalue weighted by atomic mass is 10.0. The Morgan fingerprint density at radius 1 is 0.517 bits per heavy atom. The summed E-state index contributed by atoms with van der Waals surface area (Å²) in [5.41, 5.74) is 5.53. The zero-order valence-corrected chi connectivity index (χ0v) is 20.6. The molecular weight excluding hydrogens is 352 g/mol. The number of hydrogen-bond acceptors (Lipinski definition) is 2. The fourth-order valence-corrected chi connectivity index (χ4v) is 4.26. The van der Waals surface area contributed by atoms with Crippen molar-refractivity contribution in [2.75, 3.05) is 13.1 Å². The Morgan fingerprint density at radius 3 is 1.21 bits per heavy atom. The van der Waals surface area contributed by atoms with Gasteiger partial charge in [0.25, 0.3) is 0 Å². The highest BCUT2D eigenvalue weighted by Crippen LogP contribution is 2.15. The molecule has 0 heterocycles. The lowest BCUT2D eigenvalue weighted by molar-refractivity contribution is 0.472. The molecule has 0 saturated heterocycles. The van der Waals surface area contributed by atoms with E-state index in [4.69, 9.17) is 5.73 Å². The van der Waals surface area contributed by atoms with Gasteiger partial charge < -0.3 is 11.1 Å². The molecule has 0 fully saturated rings. The van der Waals surface area contributed by atoms with Gasteiger partial charge in [0.05, 0.1) is 0 Å². The van der Waals surface area contributed by atoms with Crippen molar-refractivity contribution in [3.05, 3.63) is 0 Å². The molecule has 0 radical (unpaired) electrons. The van der Waals surface area contributed by atoms with Gasteiger partial charge in [-0.2, -0.15) is 0 Å². The van der Waals surface area contributed by atoms with Crippen molar-refractivity contribution >= 4 is 0 Å². The second kappa shape index (κ2) is 26.0. The van der Waals surface area contributed by atoms with E-state index in [1.807, 2.05) is 0 Å². The molecule has 2 heteroatoms. The molecule has 1 unspecified atom stereocenters. The number of hydrogen-bond donors (Lipinski definition) is 2. The molecule has 0 aliphatic heterocycles. The van der Waals surface area contributed by atoms with Crippen molar-refractivity contribution < 1.29 is 0 Å². The molecule has 0 aromatic carbocycles. The Balaban J connectivity index is 3.05. The van der Waals surface area contributed by atoms with Crippen molar-refractivity contribution in [3.63, 3.8) is 0 Å². The van der Waals surface area contributed by atoms with Crippen LogP contribution >= 0.6 is 0 Å². The van der Waals surface area contributed by atoms with E-state index >= 15 is 0 Å². The molecule has 0 spiro atoms. The molecule has 0 saturated carbocycles. The van der Waals surface area contributed by atoms with Gasteiger partial charge in [-0.15, -0.1) is 0 Å². The van der Waals surface area contributed by atoms with Gasteiger partial charge in [0.1, 0.15) is 0 Å². The average Bonchev–Trinajstić information content (AvgIpc) is 2.72.